The van der Waals surface area contributed by atoms with Crippen LogP contribution >= 0.6 is 0 Å². The van der Waals surface area contributed by atoms with Crippen molar-refractivity contribution < 1.29 is 9.16 Å². The SMILES string of the molecule is CC12CCC=C(O[Si](C)(C)C)C1O2. The number of hydrogen-bond acceptors (Lipinski definition) is 2. The molecule has 0 aromatic carbocycles. The van der Waals surface area contributed by atoms with Gasteiger partial charge in [-0.25, -0.2) is 0 Å². The van der Waals surface area contributed by atoms with Crippen molar-refractivity contribution in [3.05, 3.63) is 11.8 Å². The Hall–Kier alpha value is -0.283. The summed E-state index contributed by atoms with van der Waals surface area (Å²) in [5.74, 6) is 1.10. The Morgan fingerprint density at radius 1 is 1.54 bits per heavy atom. The number of ether oxygens (including phenoxy) is 1. The molecule has 1 heterocycles. The molecular formula is C10H18O2Si. The number of epoxide rings is 1. The lowest BCUT2D eigenvalue weighted by Gasteiger charge is -2.23. The van der Waals surface area contributed by atoms with E-state index < -0.39 is 8.32 Å². The molecule has 74 valence electrons. The minimum atomic E-state index is -1.44. The van der Waals surface area contributed by atoms with Gasteiger partial charge in [-0.2, -0.15) is 0 Å². The van der Waals surface area contributed by atoms with Gasteiger partial charge in [0.2, 0.25) is 8.32 Å². The zero-order valence-electron chi connectivity index (χ0n) is 8.89. The maximum absolute atomic E-state index is 5.97. The lowest BCUT2D eigenvalue weighted by Crippen LogP contribution is -2.29. The third-order valence-electron chi connectivity index (χ3n) is 2.55. The van der Waals surface area contributed by atoms with Gasteiger partial charge in [-0.1, -0.05) is 0 Å². The van der Waals surface area contributed by atoms with E-state index >= 15 is 0 Å². The van der Waals surface area contributed by atoms with Crippen molar-refractivity contribution in [3.8, 4) is 0 Å². The van der Waals surface area contributed by atoms with Crippen LogP contribution in [-0.2, 0) is 9.16 Å². The first kappa shape index (κ1) is 9.28. The summed E-state index contributed by atoms with van der Waals surface area (Å²) in [6, 6.07) is 0. The van der Waals surface area contributed by atoms with E-state index in [9.17, 15) is 0 Å². The largest absolute Gasteiger partial charge is 0.546 e. The van der Waals surface area contributed by atoms with Crippen LogP contribution in [0.5, 0.6) is 0 Å². The van der Waals surface area contributed by atoms with Crippen molar-refractivity contribution in [1.29, 1.82) is 0 Å². The fraction of sp³-hybridized carbons (Fsp3) is 0.800. The second kappa shape index (κ2) is 2.61. The number of fused-ring (bicyclic) bond motifs is 1. The quantitative estimate of drug-likeness (QED) is 0.502. The van der Waals surface area contributed by atoms with Crippen LogP contribution in [0.4, 0.5) is 0 Å². The molecule has 2 atom stereocenters. The van der Waals surface area contributed by atoms with Gasteiger partial charge in [0.25, 0.3) is 0 Å². The molecule has 1 aliphatic carbocycles. The lowest BCUT2D eigenvalue weighted by atomic mass is 9.95. The molecule has 0 spiro atoms. The highest BCUT2D eigenvalue weighted by molar-refractivity contribution is 6.70. The summed E-state index contributed by atoms with van der Waals surface area (Å²) < 4.78 is 11.6. The molecule has 3 heteroatoms. The third-order valence-corrected chi connectivity index (χ3v) is 3.40. The summed E-state index contributed by atoms with van der Waals surface area (Å²) in [7, 11) is -1.44. The fourth-order valence-corrected chi connectivity index (χ4v) is 2.74. The summed E-state index contributed by atoms with van der Waals surface area (Å²) in [4.78, 5) is 0. The van der Waals surface area contributed by atoms with Gasteiger partial charge in [0.15, 0.2) is 0 Å². The topological polar surface area (TPSA) is 21.8 Å². The zero-order valence-corrected chi connectivity index (χ0v) is 9.89. The van der Waals surface area contributed by atoms with Crippen molar-refractivity contribution >= 4 is 8.32 Å². The van der Waals surface area contributed by atoms with E-state index in [-0.39, 0.29) is 11.7 Å². The minimum absolute atomic E-state index is 0.115. The maximum atomic E-state index is 5.97. The summed E-state index contributed by atoms with van der Waals surface area (Å²) >= 11 is 0. The van der Waals surface area contributed by atoms with E-state index in [0.717, 1.165) is 18.6 Å². The summed E-state index contributed by atoms with van der Waals surface area (Å²) in [6.07, 6.45) is 4.73. The van der Waals surface area contributed by atoms with Crippen molar-refractivity contribution in [3.63, 3.8) is 0 Å². The van der Waals surface area contributed by atoms with Gasteiger partial charge in [-0.3, -0.25) is 0 Å². The number of allylic oxidation sites excluding steroid dienone is 1. The van der Waals surface area contributed by atoms with Crippen molar-refractivity contribution in [2.24, 2.45) is 0 Å². The fourth-order valence-electron chi connectivity index (χ4n) is 1.84. The number of hydrogen-bond donors (Lipinski definition) is 0. The first-order valence-corrected chi connectivity index (χ1v) is 8.38. The Morgan fingerprint density at radius 3 is 2.85 bits per heavy atom. The molecule has 2 nitrogen and oxygen atoms in total. The minimum Gasteiger partial charge on any atom is -0.546 e. The van der Waals surface area contributed by atoms with E-state index in [1.165, 1.54) is 0 Å². The second-order valence-electron chi connectivity index (χ2n) is 5.17. The molecule has 1 saturated heterocycles. The van der Waals surface area contributed by atoms with Crippen LogP contribution in [0.2, 0.25) is 19.6 Å². The average Bonchev–Trinajstić information content (AvgIpc) is 2.58. The van der Waals surface area contributed by atoms with Gasteiger partial charge >= 0.3 is 0 Å². The third kappa shape index (κ3) is 1.81. The van der Waals surface area contributed by atoms with Crippen LogP contribution < -0.4 is 0 Å². The summed E-state index contributed by atoms with van der Waals surface area (Å²) in [5.41, 5.74) is 0.115. The summed E-state index contributed by atoms with van der Waals surface area (Å²) in [5, 5.41) is 0. The van der Waals surface area contributed by atoms with Crippen molar-refractivity contribution in [1.82, 2.24) is 0 Å². The van der Waals surface area contributed by atoms with Crippen LogP contribution in [0.15, 0.2) is 11.8 Å². The smallest absolute Gasteiger partial charge is 0.241 e. The molecule has 0 N–H and O–H groups in total. The van der Waals surface area contributed by atoms with Gasteiger partial charge in [0.1, 0.15) is 17.5 Å². The Labute approximate surface area is 81.1 Å². The molecule has 2 unspecified atom stereocenters. The summed E-state index contributed by atoms with van der Waals surface area (Å²) in [6.45, 7) is 8.81. The van der Waals surface area contributed by atoms with Gasteiger partial charge in [0.05, 0.1) is 0 Å². The Bertz CT molecular complexity index is 254. The van der Waals surface area contributed by atoms with E-state index in [4.69, 9.17) is 9.16 Å². The molecule has 0 amide bonds. The van der Waals surface area contributed by atoms with E-state index in [2.05, 4.69) is 32.6 Å². The molecule has 1 aliphatic heterocycles. The molecule has 0 bridgehead atoms. The highest BCUT2D eigenvalue weighted by Gasteiger charge is 2.56. The lowest BCUT2D eigenvalue weighted by molar-refractivity contribution is 0.294. The first-order valence-electron chi connectivity index (χ1n) is 4.98. The van der Waals surface area contributed by atoms with Gasteiger partial charge in [-0.05, 0) is 45.5 Å². The monoisotopic (exact) mass is 198 g/mol. The zero-order chi connectivity index (χ0) is 9.69. The van der Waals surface area contributed by atoms with Crippen LogP contribution in [0, 0.1) is 0 Å². The Morgan fingerprint density at radius 2 is 2.23 bits per heavy atom. The Balaban J connectivity index is 2.05. The molecule has 2 rings (SSSR count). The van der Waals surface area contributed by atoms with Crippen molar-refractivity contribution in [2.45, 2.75) is 51.1 Å². The number of rotatable bonds is 2. The van der Waals surface area contributed by atoms with Crippen LogP contribution in [0.25, 0.3) is 0 Å². The highest BCUT2D eigenvalue weighted by atomic mass is 28.4. The second-order valence-corrected chi connectivity index (χ2v) is 9.60. The molecule has 0 aromatic heterocycles. The van der Waals surface area contributed by atoms with Gasteiger partial charge in [0, 0.05) is 0 Å². The maximum Gasteiger partial charge on any atom is 0.241 e. The molecule has 0 radical (unpaired) electrons. The predicted octanol–water partition coefficient (Wildman–Crippen LogP) is 2.67. The van der Waals surface area contributed by atoms with Crippen LogP contribution in [0.1, 0.15) is 19.8 Å². The van der Waals surface area contributed by atoms with E-state index in [1.807, 2.05) is 0 Å². The molecule has 13 heavy (non-hydrogen) atoms. The average molecular weight is 198 g/mol. The van der Waals surface area contributed by atoms with E-state index in [1.54, 1.807) is 0 Å². The molecule has 0 saturated carbocycles. The normalized spacial score (nSPS) is 37.8. The predicted molar refractivity (Wildman–Crippen MR) is 55.0 cm³/mol. The van der Waals surface area contributed by atoms with E-state index in [0.29, 0.717) is 0 Å². The highest BCUT2D eigenvalue weighted by Crippen LogP contribution is 2.48. The van der Waals surface area contributed by atoms with Gasteiger partial charge in [-0.15, -0.1) is 0 Å². The molecule has 0 aromatic rings. The van der Waals surface area contributed by atoms with Crippen LogP contribution in [0.3, 0.4) is 0 Å². The molecule has 1 fully saturated rings. The molecular weight excluding hydrogens is 180 g/mol. The standard InChI is InChI=1S/C10H18O2Si/c1-10-7-5-6-8(9(10)11-10)12-13(2,3)4/h6,9H,5,7H2,1-4H3. The Kier molecular flexibility index (Phi) is 1.86. The molecule has 2 aliphatic rings. The van der Waals surface area contributed by atoms with Crippen LogP contribution in [-0.4, -0.2) is 20.0 Å². The van der Waals surface area contributed by atoms with Gasteiger partial charge < -0.3 is 9.16 Å². The van der Waals surface area contributed by atoms with Crippen molar-refractivity contribution in [2.75, 3.05) is 0 Å². The first-order chi connectivity index (χ1) is 5.91.